The molecule has 0 spiro atoms. The number of hydrogen-bond acceptors (Lipinski definition) is 4. The first-order chi connectivity index (χ1) is 10.6. The van der Waals surface area contributed by atoms with E-state index in [0.29, 0.717) is 6.42 Å². The summed E-state index contributed by atoms with van der Waals surface area (Å²) in [6.07, 6.45) is 1.89. The summed E-state index contributed by atoms with van der Waals surface area (Å²) in [6, 6.07) is 12.0. The van der Waals surface area contributed by atoms with Gasteiger partial charge in [0, 0.05) is 16.2 Å². The van der Waals surface area contributed by atoms with Crippen molar-refractivity contribution in [3.63, 3.8) is 0 Å². The Labute approximate surface area is 142 Å². The third kappa shape index (κ3) is 4.52. The van der Waals surface area contributed by atoms with E-state index < -0.39 is 17.9 Å². The third-order valence-corrected chi connectivity index (χ3v) is 3.76. The quantitative estimate of drug-likeness (QED) is 0.607. The number of ether oxygens (including phenoxy) is 1. The first kappa shape index (κ1) is 16.4. The van der Waals surface area contributed by atoms with Crippen LogP contribution in [0.3, 0.4) is 0 Å². The van der Waals surface area contributed by atoms with Gasteiger partial charge in [0.25, 0.3) is 5.91 Å². The molecule has 1 aromatic heterocycles. The number of hydrogen-bond donors (Lipinski definition) is 1. The zero-order valence-corrected chi connectivity index (χ0v) is 14.1. The third-order valence-electron chi connectivity index (χ3n) is 3.04. The number of amides is 1. The van der Waals surface area contributed by atoms with Crippen LogP contribution in [0.2, 0.25) is 0 Å². The molecule has 114 valence electrons. The van der Waals surface area contributed by atoms with Gasteiger partial charge in [-0.05, 0) is 52.4 Å². The van der Waals surface area contributed by atoms with Gasteiger partial charge in [0.05, 0.1) is 7.11 Å². The smallest absolute Gasteiger partial charge is 0.328 e. The number of carbonyl (C=O) groups is 2. The lowest BCUT2D eigenvalue weighted by Gasteiger charge is -2.16. The second kappa shape index (κ2) is 7.88. The topological polar surface area (TPSA) is 68.3 Å². The summed E-state index contributed by atoms with van der Waals surface area (Å²) in [4.78, 5) is 28.0. The second-order valence-electron chi connectivity index (χ2n) is 4.59. The molecule has 0 radical (unpaired) electrons. The van der Waals surface area contributed by atoms with Gasteiger partial charge in [-0.1, -0.05) is 18.2 Å². The van der Waals surface area contributed by atoms with Crippen molar-refractivity contribution in [2.75, 3.05) is 7.11 Å². The van der Waals surface area contributed by atoms with E-state index in [-0.39, 0.29) is 5.69 Å². The maximum atomic E-state index is 12.1. The molecule has 1 N–H and O–H groups in total. The predicted molar refractivity (Wildman–Crippen MR) is 90.4 cm³/mol. The van der Waals surface area contributed by atoms with Gasteiger partial charge in [-0.15, -0.1) is 0 Å². The Morgan fingerprint density at radius 2 is 1.95 bits per heavy atom. The fourth-order valence-corrected chi connectivity index (χ4v) is 2.28. The molecule has 0 fully saturated rings. The van der Waals surface area contributed by atoms with Crippen molar-refractivity contribution in [1.82, 2.24) is 10.3 Å². The second-order valence-corrected chi connectivity index (χ2v) is 5.84. The Balaban J connectivity index is 2.11. The normalized spacial score (nSPS) is 11.5. The van der Waals surface area contributed by atoms with Crippen molar-refractivity contribution in [3.8, 4) is 0 Å². The fourth-order valence-electron chi connectivity index (χ4n) is 1.92. The Hall–Kier alpha value is -1.96. The zero-order valence-electron chi connectivity index (χ0n) is 12.0. The fraction of sp³-hybridized carbons (Fsp3) is 0.188. The molecule has 1 heterocycles. The molecule has 2 rings (SSSR count). The Morgan fingerprint density at radius 3 is 2.55 bits per heavy atom. The lowest BCUT2D eigenvalue weighted by molar-refractivity contribution is -0.142. The number of benzene rings is 1. The minimum atomic E-state index is -0.750. The van der Waals surface area contributed by atoms with Crippen LogP contribution in [-0.4, -0.2) is 30.0 Å². The molecule has 6 heteroatoms. The molecular formula is C16H15IN2O3. The van der Waals surface area contributed by atoms with Gasteiger partial charge in [0.1, 0.15) is 11.7 Å². The summed E-state index contributed by atoms with van der Waals surface area (Å²) in [7, 11) is 1.30. The maximum absolute atomic E-state index is 12.1. The van der Waals surface area contributed by atoms with Gasteiger partial charge in [-0.3, -0.25) is 9.78 Å². The number of nitrogens with zero attached hydrogens (tertiary/aromatic N) is 1. The Bertz CT molecular complexity index is 644. The van der Waals surface area contributed by atoms with Crippen LogP contribution < -0.4 is 5.32 Å². The minimum Gasteiger partial charge on any atom is -0.467 e. The van der Waals surface area contributed by atoms with Crippen LogP contribution in [0.1, 0.15) is 16.1 Å². The summed E-state index contributed by atoms with van der Waals surface area (Å²) in [6.45, 7) is 0. The molecule has 0 aliphatic rings. The molecule has 0 saturated heterocycles. The summed E-state index contributed by atoms with van der Waals surface area (Å²) in [5, 5.41) is 2.67. The van der Waals surface area contributed by atoms with E-state index >= 15 is 0 Å². The molecule has 0 saturated carbocycles. The molecule has 0 unspecified atom stereocenters. The first-order valence-corrected chi connectivity index (χ1v) is 7.72. The van der Waals surface area contributed by atoms with Crippen molar-refractivity contribution >= 4 is 34.5 Å². The van der Waals surface area contributed by atoms with E-state index in [4.69, 9.17) is 4.74 Å². The van der Waals surface area contributed by atoms with Crippen LogP contribution in [0.4, 0.5) is 0 Å². The Kier molecular flexibility index (Phi) is 5.88. The lowest BCUT2D eigenvalue weighted by Crippen LogP contribution is -2.43. The van der Waals surface area contributed by atoms with Crippen molar-refractivity contribution in [3.05, 3.63) is 63.5 Å². The monoisotopic (exact) mass is 410 g/mol. The minimum absolute atomic E-state index is 0.263. The predicted octanol–water partition coefficient (Wildman–Crippen LogP) is 2.20. The molecule has 1 aromatic carbocycles. The maximum Gasteiger partial charge on any atom is 0.328 e. The number of pyridine rings is 1. The van der Waals surface area contributed by atoms with Gasteiger partial charge in [0.15, 0.2) is 0 Å². The molecule has 1 amide bonds. The SMILES string of the molecule is COC(=O)[C@H](Cc1ccc(I)cc1)NC(=O)c1ccccn1. The van der Waals surface area contributed by atoms with E-state index in [1.54, 1.807) is 18.2 Å². The first-order valence-electron chi connectivity index (χ1n) is 6.64. The summed E-state index contributed by atoms with van der Waals surface area (Å²) in [5.74, 6) is -0.885. The van der Waals surface area contributed by atoms with E-state index in [0.717, 1.165) is 9.13 Å². The highest BCUT2D eigenvalue weighted by Gasteiger charge is 2.23. The molecule has 0 aliphatic carbocycles. The standard InChI is InChI=1S/C16H15IN2O3/c1-22-16(21)14(10-11-5-7-12(17)8-6-11)19-15(20)13-4-2-3-9-18-13/h2-9,14H,10H2,1H3,(H,19,20)/t14-/m0/s1. The van der Waals surface area contributed by atoms with Gasteiger partial charge < -0.3 is 10.1 Å². The number of rotatable bonds is 5. The van der Waals surface area contributed by atoms with Crippen molar-refractivity contribution < 1.29 is 14.3 Å². The van der Waals surface area contributed by atoms with E-state index in [1.165, 1.54) is 13.3 Å². The number of methoxy groups -OCH3 is 1. The number of halogens is 1. The van der Waals surface area contributed by atoms with Crippen molar-refractivity contribution in [2.24, 2.45) is 0 Å². The molecule has 5 nitrogen and oxygen atoms in total. The number of carbonyl (C=O) groups excluding carboxylic acids is 2. The van der Waals surface area contributed by atoms with Crippen LogP contribution in [0.5, 0.6) is 0 Å². The van der Waals surface area contributed by atoms with Crippen LogP contribution in [0.15, 0.2) is 48.7 Å². The van der Waals surface area contributed by atoms with E-state index in [2.05, 4.69) is 32.9 Å². The molecule has 2 aromatic rings. The van der Waals surface area contributed by atoms with E-state index in [9.17, 15) is 9.59 Å². The Morgan fingerprint density at radius 1 is 1.23 bits per heavy atom. The average molecular weight is 410 g/mol. The number of nitrogens with one attached hydrogen (secondary N) is 1. The highest BCUT2D eigenvalue weighted by atomic mass is 127. The molecular weight excluding hydrogens is 395 g/mol. The zero-order chi connectivity index (χ0) is 15.9. The van der Waals surface area contributed by atoms with Crippen LogP contribution in [0, 0.1) is 3.57 Å². The van der Waals surface area contributed by atoms with Gasteiger partial charge in [0.2, 0.25) is 0 Å². The summed E-state index contributed by atoms with van der Waals surface area (Å²) in [5.41, 5.74) is 1.20. The molecule has 0 aliphatic heterocycles. The van der Waals surface area contributed by atoms with E-state index in [1.807, 2.05) is 24.3 Å². The van der Waals surface area contributed by atoms with Crippen molar-refractivity contribution in [1.29, 1.82) is 0 Å². The highest BCUT2D eigenvalue weighted by molar-refractivity contribution is 14.1. The highest BCUT2D eigenvalue weighted by Crippen LogP contribution is 2.10. The number of esters is 1. The van der Waals surface area contributed by atoms with Gasteiger partial charge in [-0.2, -0.15) is 0 Å². The van der Waals surface area contributed by atoms with Crippen LogP contribution in [-0.2, 0) is 16.0 Å². The van der Waals surface area contributed by atoms with Crippen molar-refractivity contribution in [2.45, 2.75) is 12.5 Å². The van der Waals surface area contributed by atoms with Gasteiger partial charge >= 0.3 is 5.97 Å². The molecule has 22 heavy (non-hydrogen) atoms. The van der Waals surface area contributed by atoms with Crippen LogP contribution >= 0.6 is 22.6 Å². The van der Waals surface area contributed by atoms with Gasteiger partial charge in [-0.25, -0.2) is 4.79 Å². The largest absolute Gasteiger partial charge is 0.467 e. The average Bonchev–Trinajstić information content (AvgIpc) is 2.56. The molecule has 1 atom stereocenters. The summed E-state index contributed by atoms with van der Waals surface area (Å²) < 4.78 is 5.87. The number of aromatic nitrogens is 1. The van der Waals surface area contributed by atoms with Crippen LogP contribution in [0.25, 0.3) is 0 Å². The summed E-state index contributed by atoms with van der Waals surface area (Å²) >= 11 is 2.21. The molecule has 0 bridgehead atoms. The lowest BCUT2D eigenvalue weighted by atomic mass is 10.1.